The Labute approximate surface area is 188 Å². The number of carbonyl (C=O) groups is 2. The molecule has 3 atom stereocenters. The molecule has 1 aliphatic rings. The van der Waals surface area contributed by atoms with Gasteiger partial charge in [0.05, 0.1) is 12.1 Å². The molecular formula is C24H33N3O3S. The first-order chi connectivity index (χ1) is 14.6. The summed E-state index contributed by atoms with van der Waals surface area (Å²) in [6.45, 7) is 8.60. The molecule has 0 bridgehead atoms. The lowest BCUT2D eigenvalue weighted by atomic mass is 9.86. The molecule has 31 heavy (non-hydrogen) atoms. The van der Waals surface area contributed by atoms with Crippen LogP contribution >= 0.6 is 11.3 Å². The van der Waals surface area contributed by atoms with Crippen molar-refractivity contribution >= 4 is 23.2 Å². The van der Waals surface area contributed by atoms with Gasteiger partial charge in [-0.1, -0.05) is 45.0 Å². The molecule has 7 heteroatoms. The molecule has 168 valence electrons. The monoisotopic (exact) mass is 443 g/mol. The van der Waals surface area contributed by atoms with Gasteiger partial charge >= 0.3 is 0 Å². The van der Waals surface area contributed by atoms with Crippen LogP contribution in [0.5, 0.6) is 0 Å². The van der Waals surface area contributed by atoms with Gasteiger partial charge in [-0.15, -0.1) is 11.3 Å². The summed E-state index contributed by atoms with van der Waals surface area (Å²) in [6, 6.07) is 9.17. The van der Waals surface area contributed by atoms with Crippen LogP contribution in [0.1, 0.15) is 38.3 Å². The van der Waals surface area contributed by atoms with Crippen LogP contribution in [0.2, 0.25) is 0 Å². The van der Waals surface area contributed by atoms with Crippen molar-refractivity contribution in [1.29, 1.82) is 0 Å². The topological polar surface area (TPSA) is 81.7 Å². The molecule has 1 saturated heterocycles. The Bertz CT molecular complexity index is 917. The van der Waals surface area contributed by atoms with E-state index >= 15 is 0 Å². The molecule has 1 aromatic carbocycles. The van der Waals surface area contributed by atoms with Gasteiger partial charge in [-0.25, -0.2) is 0 Å². The lowest BCUT2D eigenvalue weighted by Crippen LogP contribution is -2.55. The highest BCUT2D eigenvalue weighted by molar-refractivity contribution is 7.13. The molecule has 1 unspecified atom stereocenters. The van der Waals surface area contributed by atoms with Crippen LogP contribution in [0, 0.1) is 12.3 Å². The van der Waals surface area contributed by atoms with Crippen LogP contribution in [0.25, 0.3) is 10.4 Å². The maximum atomic E-state index is 13.1. The zero-order valence-electron chi connectivity index (χ0n) is 18.9. The van der Waals surface area contributed by atoms with Crippen molar-refractivity contribution < 1.29 is 14.7 Å². The van der Waals surface area contributed by atoms with E-state index < -0.39 is 18.2 Å². The van der Waals surface area contributed by atoms with Gasteiger partial charge in [0.1, 0.15) is 6.04 Å². The molecule has 0 aliphatic carbocycles. The van der Waals surface area contributed by atoms with E-state index in [0.29, 0.717) is 6.54 Å². The van der Waals surface area contributed by atoms with Gasteiger partial charge in [0.25, 0.3) is 0 Å². The summed E-state index contributed by atoms with van der Waals surface area (Å²) in [5, 5.41) is 18.3. The van der Waals surface area contributed by atoms with Crippen LogP contribution in [0.4, 0.5) is 0 Å². The molecule has 2 aromatic rings. The summed E-state index contributed by atoms with van der Waals surface area (Å²) in [5.74, 6) is -0.380. The van der Waals surface area contributed by atoms with Crippen molar-refractivity contribution in [3.8, 4) is 10.4 Å². The van der Waals surface area contributed by atoms with Crippen molar-refractivity contribution in [3.63, 3.8) is 0 Å². The fourth-order valence-corrected chi connectivity index (χ4v) is 5.08. The maximum Gasteiger partial charge on any atom is 0.243 e. The van der Waals surface area contributed by atoms with Gasteiger partial charge in [-0.05, 0) is 47.5 Å². The predicted molar refractivity (Wildman–Crippen MR) is 125 cm³/mol. The molecule has 1 aliphatic heterocycles. The van der Waals surface area contributed by atoms with Crippen LogP contribution < -0.4 is 10.6 Å². The van der Waals surface area contributed by atoms with Gasteiger partial charge < -0.3 is 20.6 Å². The second-order valence-electron chi connectivity index (χ2n) is 9.33. The lowest BCUT2D eigenvalue weighted by molar-refractivity contribution is -0.142. The van der Waals surface area contributed by atoms with E-state index in [1.54, 1.807) is 18.4 Å². The highest BCUT2D eigenvalue weighted by Crippen LogP contribution is 2.29. The largest absolute Gasteiger partial charge is 0.391 e. The molecule has 3 N–H and O–H groups in total. The molecule has 2 amide bonds. The average molecular weight is 444 g/mol. The number of thiophene rings is 1. The first kappa shape index (κ1) is 23.4. The van der Waals surface area contributed by atoms with Gasteiger partial charge in [-0.3, -0.25) is 9.59 Å². The summed E-state index contributed by atoms with van der Waals surface area (Å²) < 4.78 is 0. The van der Waals surface area contributed by atoms with Crippen molar-refractivity contribution in [3.05, 3.63) is 46.8 Å². The van der Waals surface area contributed by atoms with E-state index in [0.717, 1.165) is 5.56 Å². The summed E-state index contributed by atoms with van der Waals surface area (Å²) in [4.78, 5) is 28.8. The third-order valence-electron chi connectivity index (χ3n) is 5.81. The third kappa shape index (κ3) is 5.34. The quantitative estimate of drug-likeness (QED) is 0.641. The number of nitrogens with zero attached hydrogens (tertiary/aromatic N) is 1. The highest BCUT2D eigenvalue weighted by atomic mass is 32.1. The zero-order chi connectivity index (χ0) is 22.8. The van der Waals surface area contributed by atoms with Gasteiger partial charge in [0.15, 0.2) is 0 Å². The molecule has 2 heterocycles. The van der Waals surface area contributed by atoms with Crippen molar-refractivity contribution in [2.75, 3.05) is 13.6 Å². The lowest BCUT2D eigenvalue weighted by Gasteiger charge is -2.34. The first-order valence-electron chi connectivity index (χ1n) is 10.7. The number of β-amino-alcohol motifs (C(OH)–C–C–N with tert-alkyl or cyclic N) is 1. The number of hydrogen-bond donors (Lipinski definition) is 3. The predicted octanol–water partition coefficient (Wildman–Crippen LogP) is 2.94. The number of aliphatic hydroxyl groups is 1. The Balaban J connectivity index is 1.65. The molecule has 0 spiro atoms. The van der Waals surface area contributed by atoms with Crippen LogP contribution in [-0.4, -0.2) is 53.6 Å². The summed E-state index contributed by atoms with van der Waals surface area (Å²) in [5.41, 5.74) is 3.11. The smallest absolute Gasteiger partial charge is 0.243 e. The standard InChI is InChI=1S/C24H33N3O3S/c1-15-10-11-31-20(15)17-8-6-16(7-9-17)13-26-22(29)19-12-18(28)14-27(19)23(30)21(25-5)24(2,3)4/h6-11,18-19,21,25,28H,12-14H2,1-5H3,(H,26,29)/t18-,19?,21-/m1/s1. The van der Waals surface area contributed by atoms with E-state index in [1.807, 2.05) is 32.9 Å². The maximum absolute atomic E-state index is 13.1. The van der Waals surface area contributed by atoms with E-state index in [2.05, 4.69) is 41.1 Å². The van der Waals surface area contributed by atoms with Gasteiger partial charge in [-0.2, -0.15) is 0 Å². The number of aryl methyl sites for hydroxylation is 1. The summed E-state index contributed by atoms with van der Waals surface area (Å²) in [7, 11) is 1.75. The Morgan fingerprint density at radius 2 is 1.90 bits per heavy atom. The molecule has 0 saturated carbocycles. The molecule has 1 aromatic heterocycles. The summed E-state index contributed by atoms with van der Waals surface area (Å²) >= 11 is 1.72. The number of aliphatic hydroxyl groups excluding tert-OH is 1. The summed E-state index contributed by atoms with van der Waals surface area (Å²) in [6.07, 6.45) is -0.431. The second kappa shape index (κ2) is 9.51. The Kier molecular flexibility index (Phi) is 7.19. The van der Waals surface area contributed by atoms with Crippen molar-refractivity contribution in [2.45, 2.75) is 58.8 Å². The number of amides is 2. The minimum atomic E-state index is -0.689. The van der Waals surface area contributed by atoms with E-state index in [9.17, 15) is 14.7 Å². The number of hydrogen-bond acceptors (Lipinski definition) is 5. The van der Waals surface area contributed by atoms with Crippen molar-refractivity contribution in [1.82, 2.24) is 15.5 Å². The minimum absolute atomic E-state index is 0.151. The minimum Gasteiger partial charge on any atom is -0.391 e. The molecule has 6 nitrogen and oxygen atoms in total. The van der Waals surface area contributed by atoms with Crippen LogP contribution in [0.15, 0.2) is 35.7 Å². The number of likely N-dealkylation sites (tertiary alicyclic amines) is 1. The molecule has 1 fully saturated rings. The number of benzene rings is 1. The zero-order valence-corrected chi connectivity index (χ0v) is 19.8. The number of likely N-dealkylation sites (N-methyl/N-ethyl adjacent to an activating group) is 1. The Morgan fingerprint density at radius 3 is 2.45 bits per heavy atom. The van der Waals surface area contributed by atoms with E-state index in [4.69, 9.17) is 0 Å². The molecular weight excluding hydrogens is 410 g/mol. The Hall–Kier alpha value is -2.22. The van der Waals surface area contributed by atoms with Crippen LogP contribution in [0.3, 0.4) is 0 Å². The Morgan fingerprint density at radius 1 is 1.23 bits per heavy atom. The number of rotatable bonds is 6. The number of nitrogens with one attached hydrogen (secondary N) is 2. The number of carbonyl (C=O) groups excluding carboxylic acids is 2. The highest BCUT2D eigenvalue weighted by Gasteiger charge is 2.43. The third-order valence-corrected chi connectivity index (χ3v) is 6.88. The van der Waals surface area contributed by atoms with Gasteiger partial charge in [0.2, 0.25) is 11.8 Å². The van der Waals surface area contributed by atoms with Crippen LogP contribution in [-0.2, 0) is 16.1 Å². The average Bonchev–Trinajstić information content (AvgIpc) is 3.31. The van der Waals surface area contributed by atoms with Gasteiger partial charge in [0, 0.05) is 24.4 Å². The SMILES string of the molecule is CN[C@H](C(=O)N1C[C@H](O)CC1C(=O)NCc1ccc(-c2sccc2C)cc1)C(C)(C)C. The van der Waals surface area contributed by atoms with E-state index in [-0.39, 0.29) is 30.2 Å². The fraction of sp³-hybridized carbons (Fsp3) is 0.500. The molecule has 3 rings (SSSR count). The second-order valence-corrected chi connectivity index (χ2v) is 10.2. The normalized spacial score (nSPS) is 20.0. The van der Waals surface area contributed by atoms with Crippen molar-refractivity contribution in [2.24, 2.45) is 5.41 Å². The van der Waals surface area contributed by atoms with E-state index in [1.165, 1.54) is 20.9 Å². The fourth-order valence-electron chi connectivity index (χ4n) is 4.15. The molecule has 0 radical (unpaired) electrons. The first-order valence-corrected chi connectivity index (χ1v) is 11.6.